The van der Waals surface area contributed by atoms with Gasteiger partial charge in [-0.1, -0.05) is 36.7 Å². The highest BCUT2D eigenvalue weighted by atomic mass is 35.5. The number of rotatable bonds is 5. The minimum atomic E-state index is 0.0787. The molecule has 0 spiro atoms. The first-order valence-electron chi connectivity index (χ1n) is 6.82. The topological polar surface area (TPSA) is 41.1 Å². The summed E-state index contributed by atoms with van der Waals surface area (Å²) in [7, 11) is 0. The van der Waals surface area contributed by atoms with Gasteiger partial charge in [0.25, 0.3) is 0 Å². The standard InChI is InChI=1S/C15H21ClN2O/c1-10(7-12-5-3-4-6-14(12)16)18-15(19)11(2)13-8-17-9-13/h3-6,10-11,13,17H,7-9H2,1-2H3,(H,18,19). The van der Waals surface area contributed by atoms with Crippen molar-refractivity contribution in [1.82, 2.24) is 10.6 Å². The van der Waals surface area contributed by atoms with Gasteiger partial charge in [-0.05, 0) is 44.0 Å². The van der Waals surface area contributed by atoms with Gasteiger partial charge in [-0.3, -0.25) is 4.79 Å². The van der Waals surface area contributed by atoms with Gasteiger partial charge in [0.15, 0.2) is 0 Å². The molecular weight excluding hydrogens is 260 g/mol. The van der Waals surface area contributed by atoms with E-state index in [1.54, 1.807) is 0 Å². The van der Waals surface area contributed by atoms with Crippen LogP contribution in [-0.2, 0) is 11.2 Å². The maximum absolute atomic E-state index is 12.1. The van der Waals surface area contributed by atoms with E-state index in [9.17, 15) is 4.79 Å². The molecule has 0 aromatic heterocycles. The molecule has 1 aromatic rings. The minimum absolute atomic E-state index is 0.0787. The van der Waals surface area contributed by atoms with Crippen LogP contribution in [0.15, 0.2) is 24.3 Å². The molecule has 4 heteroatoms. The zero-order chi connectivity index (χ0) is 13.8. The Balaban J connectivity index is 1.85. The summed E-state index contributed by atoms with van der Waals surface area (Å²) >= 11 is 6.13. The monoisotopic (exact) mass is 280 g/mol. The molecule has 3 nitrogen and oxygen atoms in total. The minimum Gasteiger partial charge on any atom is -0.353 e. The Morgan fingerprint density at radius 1 is 1.42 bits per heavy atom. The third-order valence-corrected chi connectivity index (χ3v) is 4.18. The number of carbonyl (C=O) groups is 1. The molecule has 1 saturated heterocycles. The molecular formula is C15H21ClN2O. The van der Waals surface area contributed by atoms with E-state index in [-0.39, 0.29) is 17.9 Å². The molecule has 1 aromatic carbocycles. The van der Waals surface area contributed by atoms with Crippen LogP contribution in [0.4, 0.5) is 0 Å². The number of hydrogen-bond donors (Lipinski definition) is 2. The molecule has 1 aliphatic rings. The lowest BCUT2D eigenvalue weighted by atomic mass is 9.88. The fourth-order valence-electron chi connectivity index (χ4n) is 2.30. The maximum Gasteiger partial charge on any atom is 0.223 e. The average Bonchev–Trinajstić information content (AvgIpc) is 2.29. The summed E-state index contributed by atoms with van der Waals surface area (Å²) in [4.78, 5) is 12.1. The first-order valence-corrected chi connectivity index (χ1v) is 7.20. The Labute approximate surface area is 119 Å². The van der Waals surface area contributed by atoms with E-state index in [1.807, 2.05) is 38.1 Å². The Hall–Kier alpha value is -1.06. The second kappa shape index (κ2) is 6.40. The van der Waals surface area contributed by atoms with Crippen molar-refractivity contribution in [2.75, 3.05) is 13.1 Å². The van der Waals surface area contributed by atoms with E-state index in [4.69, 9.17) is 11.6 Å². The molecule has 19 heavy (non-hydrogen) atoms. The van der Waals surface area contributed by atoms with E-state index >= 15 is 0 Å². The van der Waals surface area contributed by atoms with Gasteiger partial charge in [-0.2, -0.15) is 0 Å². The molecule has 0 bridgehead atoms. The molecule has 1 amide bonds. The Morgan fingerprint density at radius 2 is 2.11 bits per heavy atom. The van der Waals surface area contributed by atoms with Crippen molar-refractivity contribution in [3.05, 3.63) is 34.9 Å². The fourth-order valence-corrected chi connectivity index (χ4v) is 2.51. The molecule has 1 fully saturated rings. The van der Waals surface area contributed by atoms with Gasteiger partial charge < -0.3 is 10.6 Å². The first kappa shape index (κ1) is 14.4. The van der Waals surface area contributed by atoms with Crippen LogP contribution in [0, 0.1) is 11.8 Å². The van der Waals surface area contributed by atoms with Gasteiger partial charge >= 0.3 is 0 Å². The highest BCUT2D eigenvalue weighted by molar-refractivity contribution is 6.31. The first-order chi connectivity index (χ1) is 9.08. The van der Waals surface area contributed by atoms with Gasteiger partial charge in [0.05, 0.1) is 0 Å². The lowest BCUT2D eigenvalue weighted by Gasteiger charge is -2.32. The van der Waals surface area contributed by atoms with Gasteiger partial charge in [-0.15, -0.1) is 0 Å². The molecule has 104 valence electrons. The summed E-state index contributed by atoms with van der Waals surface area (Å²) in [5, 5.41) is 7.04. The summed E-state index contributed by atoms with van der Waals surface area (Å²) in [5.41, 5.74) is 1.08. The van der Waals surface area contributed by atoms with E-state index < -0.39 is 0 Å². The van der Waals surface area contributed by atoms with Gasteiger partial charge in [0.1, 0.15) is 0 Å². The molecule has 1 aliphatic heterocycles. The van der Waals surface area contributed by atoms with Crippen LogP contribution in [0.3, 0.4) is 0 Å². The number of amides is 1. The summed E-state index contributed by atoms with van der Waals surface area (Å²) in [6.07, 6.45) is 0.765. The highest BCUT2D eigenvalue weighted by Crippen LogP contribution is 2.18. The van der Waals surface area contributed by atoms with Crippen molar-refractivity contribution in [2.45, 2.75) is 26.3 Å². The van der Waals surface area contributed by atoms with E-state index in [2.05, 4.69) is 10.6 Å². The average molecular weight is 281 g/mol. The fraction of sp³-hybridized carbons (Fsp3) is 0.533. The van der Waals surface area contributed by atoms with Gasteiger partial charge in [0, 0.05) is 17.0 Å². The van der Waals surface area contributed by atoms with E-state index in [0.717, 1.165) is 30.1 Å². The zero-order valence-corrected chi connectivity index (χ0v) is 12.2. The quantitative estimate of drug-likeness (QED) is 0.869. The van der Waals surface area contributed by atoms with Crippen molar-refractivity contribution in [2.24, 2.45) is 11.8 Å². The van der Waals surface area contributed by atoms with Crippen molar-refractivity contribution < 1.29 is 4.79 Å². The summed E-state index contributed by atoms with van der Waals surface area (Å²) in [5.74, 6) is 0.702. The number of carbonyl (C=O) groups excluding carboxylic acids is 1. The van der Waals surface area contributed by atoms with Gasteiger partial charge in [0.2, 0.25) is 5.91 Å². The zero-order valence-electron chi connectivity index (χ0n) is 11.4. The van der Waals surface area contributed by atoms with Crippen molar-refractivity contribution in [1.29, 1.82) is 0 Å². The number of hydrogen-bond acceptors (Lipinski definition) is 2. The lowest BCUT2D eigenvalue weighted by Crippen LogP contribution is -2.50. The third kappa shape index (κ3) is 3.71. The largest absolute Gasteiger partial charge is 0.353 e. The van der Waals surface area contributed by atoms with E-state index in [0.29, 0.717) is 5.92 Å². The third-order valence-electron chi connectivity index (χ3n) is 3.81. The molecule has 1 heterocycles. The lowest BCUT2D eigenvalue weighted by molar-refractivity contribution is -0.127. The predicted molar refractivity (Wildman–Crippen MR) is 78.3 cm³/mol. The molecule has 0 radical (unpaired) electrons. The molecule has 2 unspecified atom stereocenters. The Kier molecular flexibility index (Phi) is 4.83. The molecule has 0 aliphatic carbocycles. The summed E-state index contributed by atoms with van der Waals surface area (Å²) in [6, 6.07) is 7.88. The van der Waals surface area contributed by atoms with Crippen LogP contribution in [-0.4, -0.2) is 25.0 Å². The number of nitrogens with one attached hydrogen (secondary N) is 2. The van der Waals surface area contributed by atoms with Crippen LogP contribution in [0.25, 0.3) is 0 Å². The second-order valence-electron chi connectivity index (χ2n) is 5.41. The van der Waals surface area contributed by atoms with Gasteiger partial charge in [-0.25, -0.2) is 0 Å². The van der Waals surface area contributed by atoms with Crippen molar-refractivity contribution in [3.63, 3.8) is 0 Å². The Bertz CT molecular complexity index is 446. The van der Waals surface area contributed by atoms with Crippen LogP contribution in [0.2, 0.25) is 5.02 Å². The smallest absolute Gasteiger partial charge is 0.223 e. The molecule has 2 N–H and O–H groups in total. The molecule has 2 atom stereocenters. The van der Waals surface area contributed by atoms with E-state index in [1.165, 1.54) is 0 Å². The Morgan fingerprint density at radius 3 is 2.68 bits per heavy atom. The maximum atomic E-state index is 12.1. The predicted octanol–water partition coefficient (Wildman–Crippen LogP) is 2.24. The van der Waals surface area contributed by atoms with Crippen LogP contribution in [0.5, 0.6) is 0 Å². The summed E-state index contributed by atoms with van der Waals surface area (Å²) in [6.45, 7) is 5.93. The number of benzene rings is 1. The normalized spacial score (nSPS) is 18.5. The highest BCUT2D eigenvalue weighted by Gasteiger charge is 2.29. The SMILES string of the molecule is CC(Cc1ccccc1Cl)NC(=O)C(C)C1CNC1. The van der Waals surface area contributed by atoms with Crippen molar-refractivity contribution >= 4 is 17.5 Å². The summed E-state index contributed by atoms with van der Waals surface area (Å²) < 4.78 is 0. The molecule has 0 saturated carbocycles. The van der Waals surface area contributed by atoms with Crippen LogP contribution < -0.4 is 10.6 Å². The van der Waals surface area contributed by atoms with Crippen molar-refractivity contribution in [3.8, 4) is 0 Å². The van der Waals surface area contributed by atoms with Crippen LogP contribution in [0.1, 0.15) is 19.4 Å². The number of halogens is 1. The van der Waals surface area contributed by atoms with Crippen LogP contribution >= 0.6 is 11.6 Å². The second-order valence-corrected chi connectivity index (χ2v) is 5.82. The molecule has 2 rings (SSSR count).